The van der Waals surface area contributed by atoms with E-state index in [1.54, 1.807) is 0 Å². The first-order valence-corrected chi connectivity index (χ1v) is 5.91. The van der Waals surface area contributed by atoms with Crippen molar-refractivity contribution in [2.24, 2.45) is 5.92 Å². The Bertz CT molecular complexity index is 354. The lowest BCUT2D eigenvalue weighted by molar-refractivity contribution is 0.0630. The first-order chi connectivity index (χ1) is 7.84. The van der Waals surface area contributed by atoms with E-state index in [0.717, 1.165) is 13.0 Å². The summed E-state index contributed by atoms with van der Waals surface area (Å²) < 4.78 is 5.66. The zero-order chi connectivity index (χ0) is 11.0. The van der Waals surface area contributed by atoms with E-state index in [2.05, 4.69) is 29.6 Å². The maximum Gasteiger partial charge on any atom is 0.0951 e. The van der Waals surface area contributed by atoms with Gasteiger partial charge in [0.1, 0.15) is 0 Å². The van der Waals surface area contributed by atoms with Crippen molar-refractivity contribution in [2.75, 3.05) is 13.2 Å². The van der Waals surface area contributed by atoms with Crippen LogP contribution in [0.5, 0.6) is 0 Å². The molecule has 0 bridgehead atoms. The van der Waals surface area contributed by atoms with Crippen molar-refractivity contribution in [1.82, 2.24) is 5.32 Å². The Hall–Kier alpha value is -0.900. The standard InChI is InChI=1S/C13H17NO2/c15-11-8-16-13-10(7-14-12(11)13)6-9-4-2-1-3-5-9/h1-5,10-15H,6-8H2/t10-,11-,12+,13+/m0/s1. The van der Waals surface area contributed by atoms with Crippen LogP contribution in [0, 0.1) is 5.92 Å². The molecule has 1 aromatic carbocycles. The Labute approximate surface area is 95.4 Å². The molecule has 2 heterocycles. The van der Waals surface area contributed by atoms with Crippen LogP contribution >= 0.6 is 0 Å². The molecule has 3 heteroatoms. The summed E-state index contributed by atoms with van der Waals surface area (Å²) in [7, 11) is 0. The summed E-state index contributed by atoms with van der Waals surface area (Å²) in [5.41, 5.74) is 1.35. The molecule has 0 aliphatic carbocycles. The lowest BCUT2D eigenvalue weighted by Crippen LogP contribution is -2.36. The molecule has 0 spiro atoms. The number of rotatable bonds is 2. The molecule has 2 saturated heterocycles. The van der Waals surface area contributed by atoms with E-state index in [1.165, 1.54) is 5.56 Å². The van der Waals surface area contributed by atoms with Gasteiger partial charge in [-0.3, -0.25) is 0 Å². The molecule has 0 unspecified atom stereocenters. The second-order valence-corrected chi connectivity index (χ2v) is 4.75. The highest BCUT2D eigenvalue weighted by Crippen LogP contribution is 2.29. The van der Waals surface area contributed by atoms with E-state index in [9.17, 15) is 5.11 Å². The molecule has 86 valence electrons. The fraction of sp³-hybridized carbons (Fsp3) is 0.538. The van der Waals surface area contributed by atoms with Gasteiger partial charge in [-0.1, -0.05) is 30.3 Å². The number of benzene rings is 1. The van der Waals surface area contributed by atoms with Crippen molar-refractivity contribution in [1.29, 1.82) is 0 Å². The minimum atomic E-state index is -0.328. The molecule has 2 N–H and O–H groups in total. The smallest absolute Gasteiger partial charge is 0.0951 e. The molecule has 16 heavy (non-hydrogen) atoms. The van der Waals surface area contributed by atoms with Crippen LogP contribution in [0.15, 0.2) is 30.3 Å². The van der Waals surface area contributed by atoms with Crippen LogP contribution in [-0.2, 0) is 11.2 Å². The minimum Gasteiger partial charge on any atom is -0.389 e. The molecule has 0 saturated carbocycles. The Morgan fingerprint density at radius 2 is 2.12 bits per heavy atom. The third kappa shape index (κ3) is 1.75. The summed E-state index contributed by atoms with van der Waals surface area (Å²) >= 11 is 0. The van der Waals surface area contributed by atoms with Gasteiger partial charge in [-0.15, -0.1) is 0 Å². The normalized spacial score (nSPS) is 37.6. The Morgan fingerprint density at radius 1 is 1.31 bits per heavy atom. The maximum atomic E-state index is 9.70. The number of nitrogens with one attached hydrogen (secondary N) is 1. The molecule has 0 aromatic heterocycles. The molecule has 2 aliphatic rings. The molecular weight excluding hydrogens is 202 g/mol. The van der Waals surface area contributed by atoms with Crippen LogP contribution in [0.25, 0.3) is 0 Å². The SMILES string of the molecule is O[C@H]1CO[C@@H]2[C@@H](Cc3ccccc3)CN[C@@H]21. The third-order valence-electron chi connectivity index (χ3n) is 3.65. The van der Waals surface area contributed by atoms with Crippen LogP contribution in [0.2, 0.25) is 0 Å². The van der Waals surface area contributed by atoms with Gasteiger partial charge in [0.05, 0.1) is 24.9 Å². The van der Waals surface area contributed by atoms with Crippen LogP contribution in [-0.4, -0.2) is 36.5 Å². The zero-order valence-electron chi connectivity index (χ0n) is 9.17. The molecule has 4 atom stereocenters. The van der Waals surface area contributed by atoms with Crippen molar-refractivity contribution in [3.8, 4) is 0 Å². The molecule has 3 nitrogen and oxygen atoms in total. The Balaban J connectivity index is 1.69. The number of ether oxygens (including phenoxy) is 1. The summed E-state index contributed by atoms with van der Waals surface area (Å²) in [4.78, 5) is 0. The predicted octanol–water partition coefficient (Wildman–Crippen LogP) is 0.577. The van der Waals surface area contributed by atoms with Gasteiger partial charge in [0.15, 0.2) is 0 Å². The van der Waals surface area contributed by atoms with Gasteiger partial charge >= 0.3 is 0 Å². The fourth-order valence-corrected chi connectivity index (χ4v) is 2.83. The minimum absolute atomic E-state index is 0.147. The zero-order valence-corrected chi connectivity index (χ0v) is 9.17. The Morgan fingerprint density at radius 3 is 2.94 bits per heavy atom. The molecule has 0 radical (unpaired) electrons. The van der Waals surface area contributed by atoms with Gasteiger partial charge in [0.25, 0.3) is 0 Å². The number of hydrogen-bond acceptors (Lipinski definition) is 3. The lowest BCUT2D eigenvalue weighted by Gasteiger charge is -2.16. The van der Waals surface area contributed by atoms with E-state index in [0.29, 0.717) is 12.5 Å². The highest BCUT2D eigenvalue weighted by atomic mass is 16.5. The van der Waals surface area contributed by atoms with Crippen molar-refractivity contribution in [3.05, 3.63) is 35.9 Å². The van der Waals surface area contributed by atoms with Crippen LogP contribution < -0.4 is 5.32 Å². The Kier molecular flexibility index (Phi) is 2.67. The van der Waals surface area contributed by atoms with Crippen molar-refractivity contribution in [3.63, 3.8) is 0 Å². The van der Waals surface area contributed by atoms with Gasteiger partial charge < -0.3 is 15.2 Å². The average molecular weight is 219 g/mol. The van der Waals surface area contributed by atoms with Gasteiger partial charge in [-0.2, -0.15) is 0 Å². The predicted molar refractivity (Wildman–Crippen MR) is 61.2 cm³/mol. The summed E-state index contributed by atoms with van der Waals surface area (Å²) in [6, 6.07) is 10.6. The lowest BCUT2D eigenvalue weighted by atomic mass is 9.94. The number of aliphatic hydroxyl groups excluding tert-OH is 1. The summed E-state index contributed by atoms with van der Waals surface area (Å²) in [5, 5.41) is 13.1. The molecular formula is C13H17NO2. The largest absolute Gasteiger partial charge is 0.389 e. The van der Waals surface area contributed by atoms with Gasteiger partial charge in [0, 0.05) is 12.5 Å². The van der Waals surface area contributed by atoms with E-state index < -0.39 is 0 Å². The van der Waals surface area contributed by atoms with E-state index in [-0.39, 0.29) is 18.2 Å². The highest BCUT2D eigenvalue weighted by molar-refractivity contribution is 5.17. The second-order valence-electron chi connectivity index (χ2n) is 4.75. The van der Waals surface area contributed by atoms with Crippen molar-refractivity contribution < 1.29 is 9.84 Å². The summed E-state index contributed by atoms with van der Waals surface area (Å²) in [6.45, 7) is 1.43. The van der Waals surface area contributed by atoms with Crippen molar-refractivity contribution >= 4 is 0 Å². The van der Waals surface area contributed by atoms with E-state index in [1.807, 2.05) is 6.07 Å². The van der Waals surface area contributed by atoms with Gasteiger partial charge in [0.2, 0.25) is 0 Å². The first kappa shape index (κ1) is 10.3. The number of aliphatic hydroxyl groups is 1. The van der Waals surface area contributed by atoms with Crippen LogP contribution in [0.3, 0.4) is 0 Å². The van der Waals surface area contributed by atoms with Crippen LogP contribution in [0.1, 0.15) is 5.56 Å². The molecule has 1 aromatic rings. The second kappa shape index (κ2) is 4.17. The fourth-order valence-electron chi connectivity index (χ4n) is 2.83. The first-order valence-electron chi connectivity index (χ1n) is 5.91. The van der Waals surface area contributed by atoms with Crippen molar-refractivity contribution in [2.45, 2.75) is 24.7 Å². The monoisotopic (exact) mass is 219 g/mol. The third-order valence-corrected chi connectivity index (χ3v) is 3.65. The molecule has 2 fully saturated rings. The van der Waals surface area contributed by atoms with Gasteiger partial charge in [-0.05, 0) is 12.0 Å². The summed E-state index contributed by atoms with van der Waals surface area (Å²) in [5.74, 6) is 0.490. The van der Waals surface area contributed by atoms with E-state index in [4.69, 9.17) is 4.74 Å². The number of hydrogen-bond donors (Lipinski definition) is 2. The van der Waals surface area contributed by atoms with E-state index >= 15 is 0 Å². The van der Waals surface area contributed by atoms with Gasteiger partial charge in [-0.25, -0.2) is 0 Å². The highest BCUT2D eigenvalue weighted by Gasteiger charge is 2.45. The number of fused-ring (bicyclic) bond motifs is 1. The molecule has 0 amide bonds. The topological polar surface area (TPSA) is 41.5 Å². The molecule has 2 aliphatic heterocycles. The summed E-state index contributed by atoms with van der Waals surface area (Å²) in [6.07, 6.45) is 0.892. The molecule has 3 rings (SSSR count). The maximum absolute atomic E-state index is 9.70. The van der Waals surface area contributed by atoms with Crippen LogP contribution in [0.4, 0.5) is 0 Å². The average Bonchev–Trinajstić information content (AvgIpc) is 2.86. The quantitative estimate of drug-likeness (QED) is 0.764.